The monoisotopic (exact) mass is 492 g/mol. The van der Waals surface area contributed by atoms with Gasteiger partial charge in [-0.3, -0.25) is 4.79 Å². The molecule has 190 valence electrons. The number of nitrogens with one attached hydrogen (secondary N) is 1. The number of carbonyl (C=O) groups is 2. The van der Waals surface area contributed by atoms with Crippen LogP contribution in [-0.2, 0) is 4.74 Å². The Balaban J connectivity index is 1.23. The zero-order valence-electron chi connectivity index (χ0n) is 21.2. The molecule has 0 bridgehead atoms. The maximum Gasteiger partial charge on any atom is 0.410 e. The largest absolute Gasteiger partial charge is 0.489 e. The normalized spacial score (nSPS) is 16.2. The first-order valence-electron chi connectivity index (χ1n) is 12.3. The highest BCUT2D eigenvalue weighted by molar-refractivity contribution is 6.05. The van der Waals surface area contributed by atoms with Gasteiger partial charge in [-0.1, -0.05) is 0 Å². The van der Waals surface area contributed by atoms with Gasteiger partial charge in [-0.25, -0.2) is 14.8 Å². The van der Waals surface area contributed by atoms with Crippen molar-refractivity contribution in [3.63, 3.8) is 0 Å². The summed E-state index contributed by atoms with van der Waals surface area (Å²) in [5.74, 6) is 0.702. The number of pyridine rings is 2. The second kappa shape index (κ2) is 9.33. The first-order chi connectivity index (χ1) is 17.1. The Morgan fingerprint density at radius 3 is 2.47 bits per heavy atom. The minimum absolute atomic E-state index is 0.156. The van der Waals surface area contributed by atoms with Gasteiger partial charge < -0.3 is 29.0 Å². The molecule has 2 fully saturated rings. The average Bonchev–Trinajstić information content (AvgIpc) is 3.56. The molecule has 4 heterocycles. The van der Waals surface area contributed by atoms with Gasteiger partial charge >= 0.3 is 6.09 Å². The van der Waals surface area contributed by atoms with Gasteiger partial charge in [0.05, 0.1) is 29.2 Å². The predicted molar refractivity (Wildman–Crippen MR) is 136 cm³/mol. The number of hydrogen-bond acceptors (Lipinski definition) is 7. The van der Waals surface area contributed by atoms with Gasteiger partial charge in [-0.15, -0.1) is 0 Å². The van der Waals surface area contributed by atoms with E-state index in [0.717, 1.165) is 29.9 Å². The number of carbonyl (C=O) groups excluding carboxylic acids is 2. The number of hydrogen-bond donors (Lipinski definition) is 1. The fourth-order valence-electron chi connectivity index (χ4n) is 4.08. The number of aromatic nitrogens is 3. The van der Waals surface area contributed by atoms with Gasteiger partial charge in [-0.2, -0.15) is 0 Å². The maximum atomic E-state index is 13.1. The van der Waals surface area contributed by atoms with Crippen LogP contribution in [0.3, 0.4) is 0 Å². The fourth-order valence-corrected chi connectivity index (χ4v) is 4.08. The average molecular weight is 493 g/mol. The molecule has 3 aromatic heterocycles. The number of anilines is 2. The Kier molecular flexibility index (Phi) is 6.19. The van der Waals surface area contributed by atoms with Gasteiger partial charge in [0.2, 0.25) is 0 Å². The Bertz CT molecular complexity index is 1270. The molecule has 0 aromatic carbocycles. The molecule has 3 aromatic rings. The summed E-state index contributed by atoms with van der Waals surface area (Å²) in [7, 11) is 0. The Morgan fingerprint density at radius 1 is 1.08 bits per heavy atom. The lowest BCUT2D eigenvalue weighted by molar-refractivity contribution is 0.0240. The number of fused-ring (bicyclic) bond motifs is 1. The Labute approximate surface area is 210 Å². The molecular weight excluding hydrogens is 460 g/mol. The third kappa shape index (κ3) is 5.53. The van der Waals surface area contributed by atoms with E-state index < -0.39 is 5.60 Å². The molecule has 1 saturated heterocycles. The van der Waals surface area contributed by atoms with E-state index in [9.17, 15) is 9.59 Å². The molecule has 1 aliphatic carbocycles. The maximum absolute atomic E-state index is 13.1. The third-order valence-electron chi connectivity index (χ3n) is 6.02. The summed E-state index contributed by atoms with van der Waals surface area (Å²) < 4.78 is 13.3. The lowest BCUT2D eigenvalue weighted by atomic mass is 10.2. The minimum atomic E-state index is -0.507. The van der Waals surface area contributed by atoms with Crippen molar-refractivity contribution in [2.45, 2.75) is 52.2 Å². The second-order valence-electron chi connectivity index (χ2n) is 10.3. The van der Waals surface area contributed by atoms with Crippen molar-refractivity contribution in [1.82, 2.24) is 19.3 Å². The molecule has 0 spiro atoms. The number of nitrogens with zero attached hydrogens (tertiary/aromatic N) is 5. The number of amides is 2. The van der Waals surface area contributed by atoms with E-state index >= 15 is 0 Å². The lowest BCUT2D eigenvalue weighted by Gasteiger charge is -2.36. The highest BCUT2D eigenvalue weighted by atomic mass is 16.6. The van der Waals surface area contributed by atoms with Crippen LogP contribution in [0, 0.1) is 6.92 Å². The Morgan fingerprint density at radius 2 is 1.83 bits per heavy atom. The van der Waals surface area contributed by atoms with E-state index in [2.05, 4.69) is 20.2 Å². The van der Waals surface area contributed by atoms with Crippen LogP contribution in [0.15, 0.2) is 36.8 Å². The summed E-state index contributed by atoms with van der Waals surface area (Å²) in [6.45, 7) is 10.0. The molecule has 0 unspecified atom stereocenters. The molecule has 5 rings (SSSR count). The molecule has 0 atom stereocenters. The smallest absolute Gasteiger partial charge is 0.410 e. The van der Waals surface area contributed by atoms with Crippen LogP contribution in [-0.4, -0.2) is 69.2 Å². The van der Waals surface area contributed by atoms with Crippen LogP contribution in [0.4, 0.5) is 16.3 Å². The summed E-state index contributed by atoms with van der Waals surface area (Å²) in [5, 5.41) is 2.89. The van der Waals surface area contributed by atoms with Crippen LogP contribution in [0.25, 0.3) is 5.65 Å². The summed E-state index contributed by atoms with van der Waals surface area (Å²) >= 11 is 0. The Hall–Kier alpha value is -3.82. The third-order valence-corrected chi connectivity index (χ3v) is 6.02. The fraction of sp³-hybridized carbons (Fsp3) is 0.462. The standard InChI is InChI=1S/C26H32N6O4/c1-17-15-32-16-20(21(13-23(32)28-17)35-19-6-7-19)24(33)29-22-8-5-18(14-27-22)30-9-11-31(12-10-30)25(34)36-26(2,3)4/h5,8,13-16,19H,6-7,9-12H2,1-4H3,(H,27,29,33). The summed E-state index contributed by atoms with van der Waals surface area (Å²) in [4.78, 5) is 38.3. The van der Waals surface area contributed by atoms with Crippen molar-refractivity contribution in [2.24, 2.45) is 0 Å². The van der Waals surface area contributed by atoms with Crippen LogP contribution in [0.1, 0.15) is 49.7 Å². The molecule has 36 heavy (non-hydrogen) atoms. The zero-order valence-corrected chi connectivity index (χ0v) is 21.2. The number of ether oxygens (including phenoxy) is 2. The van der Waals surface area contributed by atoms with E-state index in [-0.39, 0.29) is 18.1 Å². The van der Waals surface area contributed by atoms with E-state index in [1.807, 2.05) is 50.4 Å². The molecule has 2 amide bonds. The summed E-state index contributed by atoms with van der Waals surface area (Å²) in [6.07, 6.45) is 7.23. The molecule has 1 saturated carbocycles. The van der Waals surface area contributed by atoms with Crippen molar-refractivity contribution in [2.75, 3.05) is 36.4 Å². The molecule has 1 N–H and O–H groups in total. The van der Waals surface area contributed by atoms with Gasteiger partial charge in [0.1, 0.15) is 22.8 Å². The second-order valence-corrected chi connectivity index (χ2v) is 10.3. The van der Waals surface area contributed by atoms with Crippen LogP contribution < -0.4 is 15.0 Å². The van der Waals surface area contributed by atoms with Crippen molar-refractivity contribution >= 4 is 29.2 Å². The molecule has 10 nitrogen and oxygen atoms in total. The van der Waals surface area contributed by atoms with Crippen molar-refractivity contribution < 1.29 is 19.1 Å². The van der Waals surface area contributed by atoms with Crippen molar-refractivity contribution in [3.05, 3.63) is 48.0 Å². The molecule has 0 radical (unpaired) electrons. The topological polar surface area (TPSA) is 101 Å². The highest BCUT2D eigenvalue weighted by Gasteiger charge is 2.28. The predicted octanol–water partition coefficient (Wildman–Crippen LogP) is 3.89. The molecular formula is C26H32N6O4. The van der Waals surface area contributed by atoms with E-state index in [4.69, 9.17) is 9.47 Å². The van der Waals surface area contributed by atoms with Crippen LogP contribution in [0.5, 0.6) is 5.75 Å². The lowest BCUT2D eigenvalue weighted by Crippen LogP contribution is -2.50. The number of piperazine rings is 1. The SMILES string of the molecule is Cc1cn2cc(C(=O)Nc3ccc(N4CCN(C(=O)OC(C)(C)C)CC4)cn3)c(OC3CC3)cc2n1. The van der Waals surface area contributed by atoms with Crippen LogP contribution >= 0.6 is 0 Å². The highest BCUT2D eigenvalue weighted by Crippen LogP contribution is 2.31. The number of rotatable bonds is 5. The van der Waals surface area contributed by atoms with E-state index in [0.29, 0.717) is 43.3 Å². The van der Waals surface area contributed by atoms with Crippen molar-refractivity contribution in [3.8, 4) is 5.75 Å². The number of imidazole rings is 1. The summed E-state index contributed by atoms with van der Waals surface area (Å²) in [5.41, 5.74) is 2.48. The minimum Gasteiger partial charge on any atom is -0.489 e. The first kappa shape index (κ1) is 23.9. The quantitative estimate of drug-likeness (QED) is 0.577. The van der Waals surface area contributed by atoms with Crippen LogP contribution in [0.2, 0.25) is 0 Å². The first-order valence-corrected chi connectivity index (χ1v) is 12.3. The summed E-state index contributed by atoms with van der Waals surface area (Å²) in [6, 6.07) is 5.53. The van der Waals surface area contributed by atoms with E-state index in [1.54, 1.807) is 23.4 Å². The zero-order chi connectivity index (χ0) is 25.4. The van der Waals surface area contributed by atoms with Gasteiger partial charge in [0, 0.05) is 44.6 Å². The molecule has 10 heteroatoms. The van der Waals surface area contributed by atoms with Crippen molar-refractivity contribution in [1.29, 1.82) is 0 Å². The van der Waals surface area contributed by atoms with Gasteiger partial charge in [0.15, 0.2) is 0 Å². The molecule has 1 aliphatic heterocycles. The number of aryl methyl sites for hydroxylation is 1. The van der Waals surface area contributed by atoms with Gasteiger partial charge in [0.25, 0.3) is 5.91 Å². The van der Waals surface area contributed by atoms with E-state index in [1.165, 1.54) is 0 Å². The molecule has 2 aliphatic rings. The van der Waals surface area contributed by atoms with Gasteiger partial charge in [-0.05, 0) is 52.7 Å².